The molecule has 2 atom stereocenters. The number of piperidine rings is 1. The Balaban J connectivity index is 1.43. The van der Waals surface area contributed by atoms with Gasteiger partial charge in [0.1, 0.15) is 27.5 Å². The van der Waals surface area contributed by atoms with Gasteiger partial charge < -0.3 is 29.7 Å². The van der Waals surface area contributed by atoms with Gasteiger partial charge in [-0.15, -0.1) is 0 Å². The minimum absolute atomic E-state index is 0.0205. The lowest BCUT2D eigenvalue weighted by atomic mass is 9.96. The molecule has 3 amide bonds. The third kappa shape index (κ3) is 6.89. The van der Waals surface area contributed by atoms with Crippen molar-refractivity contribution in [3.63, 3.8) is 0 Å². The van der Waals surface area contributed by atoms with E-state index in [0.717, 1.165) is 0 Å². The van der Waals surface area contributed by atoms with Gasteiger partial charge in [0.2, 0.25) is 5.91 Å². The van der Waals surface area contributed by atoms with E-state index in [2.05, 4.69) is 10.6 Å². The Morgan fingerprint density at radius 1 is 1.10 bits per heavy atom. The second-order valence-electron chi connectivity index (χ2n) is 10.5. The molecule has 0 aromatic heterocycles. The zero-order valence-electron chi connectivity index (χ0n) is 22.6. The molecule has 220 valence electrons. The number of hydrogen-bond donors (Lipinski definition) is 2. The summed E-state index contributed by atoms with van der Waals surface area (Å²) in [6, 6.07) is 8.04. The Morgan fingerprint density at radius 2 is 1.88 bits per heavy atom. The van der Waals surface area contributed by atoms with Crippen molar-refractivity contribution in [2.24, 2.45) is 5.92 Å². The van der Waals surface area contributed by atoms with E-state index < -0.39 is 45.5 Å². The van der Waals surface area contributed by atoms with Crippen molar-refractivity contribution < 1.29 is 41.4 Å². The number of carbonyl (C=O) groups excluding carboxylic acids is 3. The van der Waals surface area contributed by atoms with E-state index in [1.165, 1.54) is 25.3 Å². The molecule has 2 N–H and O–H groups in total. The van der Waals surface area contributed by atoms with E-state index in [1.807, 2.05) is 0 Å². The van der Waals surface area contributed by atoms with Gasteiger partial charge in [0.15, 0.2) is 18.1 Å². The Bertz CT molecular complexity index is 1440. The number of amides is 3. The van der Waals surface area contributed by atoms with Crippen LogP contribution in [0.2, 0.25) is 0 Å². The van der Waals surface area contributed by atoms with Crippen molar-refractivity contribution in [2.45, 2.75) is 38.0 Å². The topological polar surface area (TPSA) is 140 Å². The molecule has 2 fully saturated rings. The normalized spacial score (nSPS) is 23.2. The zero-order valence-corrected chi connectivity index (χ0v) is 23.4. The Labute approximate surface area is 237 Å². The number of fused-ring (bicyclic) bond motifs is 5. The molecule has 0 spiro atoms. The maximum atomic E-state index is 14.5. The zero-order chi connectivity index (χ0) is 29.1. The van der Waals surface area contributed by atoms with Gasteiger partial charge in [0.25, 0.3) is 11.8 Å². The summed E-state index contributed by atoms with van der Waals surface area (Å²) in [5.74, 6) is -1.31. The number of sulfone groups is 1. The van der Waals surface area contributed by atoms with Gasteiger partial charge in [-0.1, -0.05) is 0 Å². The van der Waals surface area contributed by atoms with Gasteiger partial charge in [0.05, 0.1) is 24.7 Å². The van der Waals surface area contributed by atoms with Crippen molar-refractivity contribution in [2.75, 3.05) is 38.3 Å². The molecule has 0 aliphatic carbocycles. The summed E-state index contributed by atoms with van der Waals surface area (Å²) in [4.78, 5) is 40.8. The predicted molar refractivity (Wildman–Crippen MR) is 145 cm³/mol. The molecule has 41 heavy (non-hydrogen) atoms. The fraction of sp³-hybridized carbons (Fsp3) is 0.464. The van der Waals surface area contributed by atoms with Gasteiger partial charge in [0, 0.05) is 43.6 Å². The van der Waals surface area contributed by atoms with Crippen LogP contribution in [0.3, 0.4) is 0 Å². The minimum atomic E-state index is -3.12. The van der Waals surface area contributed by atoms with Crippen molar-refractivity contribution in [1.29, 1.82) is 0 Å². The molecule has 11 nitrogen and oxygen atoms in total. The van der Waals surface area contributed by atoms with Gasteiger partial charge in [-0.25, -0.2) is 12.8 Å². The molecule has 0 unspecified atom stereocenters. The fourth-order valence-electron chi connectivity index (χ4n) is 5.35. The second-order valence-corrected chi connectivity index (χ2v) is 12.8. The smallest absolute Gasteiger partial charge is 0.258 e. The van der Waals surface area contributed by atoms with E-state index in [9.17, 15) is 27.2 Å². The molecule has 5 rings (SSSR count). The van der Waals surface area contributed by atoms with Crippen LogP contribution in [-0.4, -0.2) is 81.5 Å². The molecule has 3 aliphatic rings. The van der Waals surface area contributed by atoms with E-state index in [-0.39, 0.29) is 67.0 Å². The number of rotatable bonds is 2. The highest BCUT2D eigenvalue weighted by Crippen LogP contribution is 2.29. The number of nitrogens with one attached hydrogen (secondary N) is 2. The largest absolute Gasteiger partial charge is 0.493 e. The van der Waals surface area contributed by atoms with Crippen LogP contribution in [0.15, 0.2) is 36.4 Å². The van der Waals surface area contributed by atoms with Crippen LogP contribution in [-0.2, 0) is 26.0 Å². The molecular formula is C28H32FN3O8S. The highest BCUT2D eigenvalue weighted by Gasteiger charge is 2.38. The molecule has 2 saturated heterocycles. The number of nitrogens with zero attached hydrogens (tertiary/aromatic N) is 1. The van der Waals surface area contributed by atoms with E-state index >= 15 is 0 Å². The number of ether oxygens (including phenoxy) is 3. The Hall–Kier alpha value is -3.87. The number of benzene rings is 2. The standard InChI is InChI=1S/C28H32FN3O8S/c1-38-24-3-2-19-12-25(24)39-16-26(33)30-14-17-10-20(29)13-21(11-17)40-23-4-7-32(15-22(23)31-27(19)34)28(35)18-5-8-41(36,37)9-6-18/h2-3,10-13,18,22-23H,4-9,14-16H2,1H3,(H,30,33)(H,31,34)/t22-,23+/m0/s1. The summed E-state index contributed by atoms with van der Waals surface area (Å²) in [6.07, 6.45) is 0.291. The SMILES string of the molecule is COc1ccc2cc1OCC(=O)NCc1cc(F)cc(c1)O[C@@H]1CCN(C(=O)C3CCS(=O)(=O)CC3)C[C@@H]1NC2=O. The minimum Gasteiger partial charge on any atom is -0.493 e. The molecule has 4 bridgehead atoms. The summed E-state index contributed by atoms with van der Waals surface area (Å²) in [6.45, 7) is 0.149. The average Bonchev–Trinajstić information content (AvgIpc) is 2.94. The lowest BCUT2D eigenvalue weighted by Crippen LogP contribution is -2.59. The summed E-state index contributed by atoms with van der Waals surface area (Å²) < 4.78 is 55.3. The van der Waals surface area contributed by atoms with Crippen LogP contribution >= 0.6 is 0 Å². The quantitative estimate of drug-likeness (QED) is 0.537. The van der Waals surface area contributed by atoms with Crippen LogP contribution in [0.5, 0.6) is 17.2 Å². The van der Waals surface area contributed by atoms with Gasteiger partial charge in [-0.05, 0) is 48.7 Å². The van der Waals surface area contributed by atoms with E-state index in [1.54, 1.807) is 23.1 Å². The molecular weight excluding hydrogens is 557 g/mol. The van der Waals surface area contributed by atoms with Crippen molar-refractivity contribution in [3.8, 4) is 17.2 Å². The van der Waals surface area contributed by atoms with Crippen LogP contribution < -0.4 is 24.8 Å². The molecule has 2 aromatic carbocycles. The first-order valence-corrected chi connectivity index (χ1v) is 15.3. The van der Waals surface area contributed by atoms with E-state index in [4.69, 9.17) is 14.2 Å². The number of carbonyl (C=O) groups is 3. The summed E-state index contributed by atoms with van der Waals surface area (Å²) in [5, 5.41) is 5.63. The van der Waals surface area contributed by atoms with Crippen LogP contribution in [0.1, 0.15) is 35.2 Å². The van der Waals surface area contributed by atoms with Gasteiger partial charge in [-0.3, -0.25) is 14.4 Å². The predicted octanol–water partition coefficient (Wildman–Crippen LogP) is 1.45. The number of halogens is 1. The number of methoxy groups -OCH3 is 1. The third-order valence-corrected chi connectivity index (χ3v) is 9.29. The maximum absolute atomic E-state index is 14.5. The first-order chi connectivity index (χ1) is 19.6. The van der Waals surface area contributed by atoms with Crippen molar-refractivity contribution in [1.82, 2.24) is 15.5 Å². The summed E-state index contributed by atoms with van der Waals surface area (Å²) >= 11 is 0. The highest BCUT2D eigenvalue weighted by atomic mass is 32.2. The fourth-order valence-corrected chi connectivity index (χ4v) is 6.84. The number of hydrogen-bond acceptors (Lipinski definition) is 8. The van der Waals surface area contributed by atoms with Crippen molar-refractivity contribution in [3.05, 3.63) is 53.3 Å². The van der Waals surface area contributed by atoms with Crippen LogP contribution in [0.25, 0.3) is 0 Å². The van der Waals surface area contributed by atoms with Crippen molar-refractivity contribution >= 4 is 27.6 Å². The first-order valence-electron chi connectivity index (χ1n) is 13.4. The summed E-state index contributed by atoms with van der Waals surface area (Å²) in [7, 11) is -1.68. The number of likely N-dealkylation sites (tertiary alicyclic amines) is 1. The summed E-state index contributed by atoms with van der Waals surface area (Å²) in [5.41, 5.74) is 0.710. The molecule has 13 heteroatoms. The van der Waals surface area contributed by atoms with E-state index in [0.29, 0.717) is 24.3 Å². The van der Waals surface area contributed by atoms with Gasteiger partial charge in [-0.2, -0.15) is 0 Å². The Morgan fingerprint density at radius 3 is 2.63 bits per heavy atom. The molecule has 3 aliphatic heterocycles. The second kappa shape index (κ2) is 11.9. The Kier molecular flexibility index (Phi) is 8.34. The molecule has 0 radical (unpaired) electrons. The monoisotopic (exact) mass is 589 g/mol. The lowest BCUT2D eigenvalue weighted by molar-refractivity contribution is -0.138. The molecule has 2 aromatic rings. The molecule has 3 heterocycles. The third-order valence-electron chi connectivity index (χ3n) is 7.57. The molecule has 0 saturated carbocycles. The van der Waals surface area contributed by atoms with Crippen LogP contribution in [0, 0.1) is 11.7 Å². The first kappa shape index (κ1) is 28.7. The van der Waals surface area contributed by atoms with Crippen LogP contribution in [0.4, 0.5) is 4.39 Å². The average molecular weight is 590 g/mol. The highest BCUT2D eigenvalue weighted by molar-refractivity contribution is 7.91. The maximum Gasteiger partial charge on any atom is 0.258 e. The van der Waals surface area contributed by atoms with Gasteiger partial charge >= 0.3 is 0 Å². The lowest BCUT2D eigenvalue weighted by Gasteiger charge is -2.40.